The Morgan fingerprint density at radius 2 is 1.79 bits per heavy atom. The molecule has 0 aromatic rings. The summed E-state index contributed by atoms with van der Waals surface area (Å²) in [5.74, 6) is 0.0501. The van der Waals surface area contributed by atoms with Crippen LogP contribution in [0.2, 0.25) is 0 Å². The highest BCUT2D eigenvalue weighted by Crippen LogP contribution is 2.20. The van der Waals surface area contributed by atoms with Gasteiger partial charge in [-0.15, -0.1) is 0 Å². The SMILES string of the molecule is CCOC(=O)C(C)(C)C(=O)CN(CC)CC(C)CC. The number of ether oxygens (including phenoxy) is 1. The molecule has 0 aromatic heterocycles. The van der Waals surface area contributed by atoms with Crippen molar-refractivity contribution in [3.05, 3.63) is 0 Å². The number of hydrogen-bond donors (Lipinski definition) is 0. The number of esters is 1. The largest absolute Gasteiger partial charge is 0.465 e. The van der Waals surface area contributed by atoms with Gasteiger partial charge < -0.3 is 4.74 Å². The molecular formula is C15H29NO3. The lowest BCUT2D eigenvalue weighted by Gasteiger charge is -2.27. The molecule has 0 rings (SSSR count). The predicted molar refractivity (Wildman–Crippen MR) is 77.0 cm³/mol. The molecule has 4 nitrogen and oxygen atoms in total. The van der Waals surface area contributed by atoms with Gasteiger partial charge in [-0.25, -0.2) is 0 Å². The molecular weight excluding hydrogens is 242 g/mol. The van der Waals surface area contributed by atoms with Crippen molar-refractivity contribution in [1.82, 2.24) is 4.90 Å². The standard InChI is InChI=1S/C15H29NO3/c1-7-12(4)10-16(8-2)11-13(17)15(5,6)14(18)19-9-3/h12H,7-11H2,1-6H3. The molecule has 112 valence electrons. The highest BCUT2D eigenvalue weighted by molar-refractivity contribution is 6.03. The molecule has 0 amide bonds. The van der Waals surface area contributed by atoms with Crippen molar-refractivity contribution < 1.29 is 14.3 Å². The van der Waals surface area contributed by atoms with Gasteiger partial charge in [-0.2, -0.15) is 0 Å². The maximum Gasteiger partial charge on any atom is 0.319 e. The van der Waals surface area contributed by atoms with E-state index in [1.54, 1.807) is 20.8 Å². The fraction of sp³-hybridized carbons (Fsp3) is 0.867. The maximum atomic E-state index is 12.3. The van der Waals surface area contributed by atoms with Crippen molar-refractivity contribution in [3.63, 3.8) is 0 Å². The minimum absolute atomic E-state index is 0.0731. The number of ketones is 1. The number of nitrogens with zero attached hydrogens (tertiary/aromatic N) is 1. The van der Waals surface area contributed by atoms with Crippen molar-refractivity contribution in [1.29, 1.82) is 0 Å². The third-order valence-electron chi connectivity index (χ3n) is 3.56. The predicted octanol–water partition coefficient (Wildman–Crippen LogP) is 2.51. The minimum atomic E-state index is -1.06. The van der Waals surface area contributed by atoms with E-state index in [9.17, 15) is 9.59 Å². The van der Waals surface area contributed by atoms with Crippen LogP contribution in [0, 0.1) is 11.3 Å². The molecule has 0 N–H and O–H groups in total. The summed E-state index contributed by atoms with van der Waals surface area (Å²) in [7, 11) is 0. The summed E-state index contributed by atoms with van der Waals surface area (Å²) in [5.41, 5.74) is -1.06. The zero-order valence-electron chi connectivity index (χ0n) is 13.3. The maximum absolute atomic E-state index is 12.3. The molecule has 0 aliphatic rings. The number of Topliss-reactive ketones (excluding diaryl/α,β-unsaturated/α-hetero) is 1. The van der Waals surface area contributed by atoms with E-state index in [0.29, 0.717) is 19.1 Å². The van der Waals surface area contributed by atoms with E-state index in [2.05, 4.69) is 18.7 Å². The Labute approximate surface area is 117 Å². The Hall–Kier alpha value is -0.900. The Kier molecular flexibility index (Phi) is 7.91. The first-order valence-corrected chi connectivity index (χ1v) is 7.22. The molecule has 0 heterocycles. The lowest BCUT2D eigenvalue weighted by Crippen LogP contribution is -2.43. The average molecular weight is 271 g/mol. The first-order chi connectivity index (χ1) is 8.79. The Morgan fingerprint density at radius 3 is 2.21 bits per heavy atom. The van der Waals surface area contributed by atoms with Gasteiger partial charge in [0.1, 0.15) is 5.41 Å². The van der Waals surface area contributed by atoms with Gasteiger partial charge in [0, 0.05) is 6.54 Å². The fourth-order valence-corrected chi connectivity index (χ4v) is 1.70. The summed E-state index contributed by atoms with van der Waals surface area (Å²) in [4.78, 5) is 26.2. The van der Waals surface area contributed by atoms with Crippen molar-refractivity contribution >= 4 is 11.8 Å². The molecule has 0 fully saturated rings. The van der Waals surface area contributed by atoms with Crippen molar-refractivity contribution in [2.24, 2.45) is 11.3 Å². The van der Waals surface area contributed by atoms with Crippen molar-refractivity contribution in [2.75, 3.05) is 26.2 Å². The lowest BCUT2D eigenvalue weighted by atomic mass is 9.87. The smallest absolute Gasteiger partial charge is 0.319 e. The topological polar surface area (TPSA) is 46.6 Å². The van der Waals surface area contributed by atoms with Crippen LogP contribution in [0.1, 0.15) is 48.0 Å². The van der Waals surface area contributed by atoms with Crippen LogP contribution in [0.3, 0.4) is 0 Å². The monoisotopic (exact) mass is 271 g/mol. The molecule has 0 aliphatic heterocycles. The summed E-state index contributed by atoms with van der Waals surface area (Å²) in [6.45, 7) is 13.7. The first-order valence-electron chi connectivity index (χ1n) is 7.22. The van der Waals surface area contributed by atoms with Gasteiger partial charge in [-0.3, -0.25) is 14.5 Å². The van der Waals surface area contributed by atoms with Crippen LogP contribution < -0.4 is 0 Å². The van der Waals surface area contributed by atoms with Crippen LogP contribution in [0.4, 0.5) is 0 Å². The third-order valence-corrected chi connectivity index (χ3v) is 3.56. The molecule has 1 unspecified atom stereocenters. The molecule has 0 saturated carbocycles. The number of carbonyl (C=O) groups excluding carboxylic acids is 2. The molecule has 4 heteroatoms. The normalized spacial score (nSPS) is 13.4. The van der Waals surface area contributed by atoms with E-state index in [-0.39, 0.29) is 5.78 Å². The molecule has 0 aliphatic carbocycles. The van der Waals surface area contributed by atoms with Crippen LogP contribution >= 0.6 is 0 Å². The van der Waals surface area contributed by atoms with Crippen LogP contribution in [-0.2, 0) is 14.3 Å². The van der Waals surface area contributed by atoms with E-state index < -0.39 is 11.4 Å². The summed E-state index contributed by atoms with van der Waals surface area (Å²) in [6.07, 6.45) is 1.09. The summed E-state index contributed by atoms with van der Waals surface area (Å²) < 4.78 is 4.97. The van der Waals surface area contributed by atoms with Crippen LogP contribution in [-0.4, -0.2) is 42.9 Å². The van der Waals surface area contributed by atoms with Gasteiger partial charge in [0.05, 0.1) is 13.2 Å². The van der Waals surface area contributed by atoms with Crippen molar-refractivity contribution in [3.8, 4) is 0 Å². The summed E-state index contributed by atoms with van der Waals surface area (Å²) in [6, 6.07) is 0. The average Bonchev–Trinajstić information content (AvgIpc) is 2.37. The molecule has 0 spiro atoms. The Morgan fingerprint density at radius 1 is 1.21 bits per heavy atom. The number of hydrogen-bond acceptors (Lipinski definition) is 4. The first kappa shape index (κ1) is 18.1. The zero-order chi connectivity index (χ0) is 15.1. The van der Waals surface area contributed by atoms with Gasteiger partial charge in [0.15, 0.2) is 5.78 Å². The van der Waals surface area contributed by atoms with Gasteiger partial charge >= 0.3 is 5.97 Å². The van der Waals surface area contributed by atoms with E-state index in [1.807, 2.05) is 6.92 Å². The second-order valence-electron chi connectivity index (χ2n) is 5.61. The highest BCUT2D eigenvalue weighted by atomic mass is 16.5. The summed E-state index contributed by atoms with van der Waals surface area (Å²) in [5, 5.41) is 0. The number of carbonyl (C=O) groups is 2. The van der Waals surface area contributed by atoms with Crippen molar-refractivity contribution in [2.45, 2.75) is 48.0 Å². The van der Waals surface area contributed by atoms with Gasteiger partial charge in [-0.1, -0.05) is 27.2 Å². The van der Waals surface area contributed by atoms with Crippen LogP contribution in [0.25, 0.3) is 0 Å². The highest BCUT2D eigenvalue weighted by Gasteiger charge is 2.37. The quantitative estimate of drug-likeness (QED) is 0.477. The second-order valence-corrected chi connectivity index (χ2v) is 5.61. The molecule has 1 atom stereocenters. The van der Waals surface area contributed by atoms with E-state index in [0.717, 1.165) is 19.5 Å². The zero-order valence-corrected chi connectivity index (χ0v) is 13.3. The number of rotatable bonds is 9. The molecule has 0 radical (unpaired) electrons. The van der Waals surface area contributed by atoms with Crippen LogP contribution in [0.15, 0.2) is 0 Å². The van der Waals surface area contributed by atoms with E-state index in [1.165, 1.54) is 0 Å². The molecule has 0 aromatic carbocycles. The number of likely N-dealkylation sites (N-methyl/N-ethyl adjacent to an activating group) is 1. The minimum Gasteiger partial charge on any atom is -0.465 e. The Bertz CT molecular complexity index is 300. The van der Waals surface area contributed by atoms with Gasteiger partial charge in [-0.05, 0) is 33.2 Å². The fourth-order valence-electron chi connectivity index (χ4n) is 1.70. The van der Waals surface area contributed by atoms with Gasteiger partial charge in [0.25, 0.3) is 0 Å². The molecule has 0 saturated heterocycles. The summed E-state index contributed by atoms with van der Waals surface area (Å²) >= 11 is 0. The molecule has 19 heavy (non-hydrogen) atoms. The third kappa shape index (κ3) is 5.72. The van der Waals surface area contributed by atoms with E-state index in [4.69, 9.17) is 4.74 Å². The molecule has 0 bridgehead atoms. The van der Waals surface area contributed by atoms with E-state index >= 15 is 0 Å². The lowest BCUT2D eigenvalue weighted by molar-refractivity contribution is -0.158. The van der Waals surface area contributed by atoms with Crippen LogP contribution in [0.5, 0.6) is 0 Å². The second kappa shape index (κ2) is 8.31. The van der Waals surface area contributed by atoms with Gasteiger partial charge in [0.2, 0.25) is 0 Å². The Balaban J connectivity index is 4.59.